The molecule has 2 aromatic carbocycles. The van der Waals surface area contributed by atoms with Crippen molar-refractivity contribution >= 4 is 24.8 Å². The van der Waals surface area contributed by atoms with Crippen molar-refractivity contribution < 1.29 is 19.1 Å². The SMILES string of the molecule is C=[N+](C)[N-]c1ccccc1O[N+](=C)[N-]c1ccccc1OC.CC. The van der Waals surface area contributed by atoms with Gasteiger partial charge in [-0.3, -0.25) is 4.68 Å². The predicted octanol–water partition coefficient (Wildman–Crippen LogP) is 4.61. The lowest BCUT2D eigenvalue weighted by molar-refractivity contribution is -0.697. The van der Waals surface area contributed by atoms with Crippen molar-refractivity contribution in [1.82, 2.24) is 0 Å². The number of hydrogen-bond acceptors (Lipinski definition) is 2. The highest BCUT2D eigenvalue weighted by molar-refractivity contribution is 5.59. The van der Waals surface area contributed by atoms with E-state index >= 15 is 0 Å². The maximum absolute atomic E-state index is 5.60. The molecule has 0 saturated carbocycles. The van der Waals surface area contributed by atoms with Gasteiger partial charge in [0.2, 0.25) is 0 Å². The molecule has 0 aliphatic carbocycles. The van der Waals surface area contributed by atoms with E-state index in [2.05, 4.69) is 24.3 Å². The van der Waals surface area contributed by atoms with E-state index in [4.69, 9.17) is 9.57 Å². The third-order valence-electron chi connectivity index (χ3n) is 2.65. The number of ether oxygens (including phenoxy) is 1. The Morgan fingerprint density at radius 1 is 0.833 bits per heavy atom. The Morgan fingerprint density at radius 2 is 1.33 bits per heavy atom. The van der Waals surface area contributed by atoms with E-state index in [1.165, 1.54) is 4.68 Å². The molecular formula is C18H24N4O2. The lowest BCUT2D eigenvalue weighted by Gasteiger charge is -2.20. The van der Waals surface area contributed by atoms with Crippen molar-refractivity contribution in [3.8, 4) is 11.5 Å². The van der Waals surface area contributed by atoms with Crippen LogP contribution in [0.15, 0.2) is 48.5 Å². The standard InChI is InChI=1S/C16H18N4O2.C2H6/c1-19(2)17-14-10-6-8-12-16(14)22-20(3)18-13-9-5-7-11-15(13)21-4;1-2/h5-12H,1,3H2,2,4H3;1-2H3. The summed E-state index contributed by atoms with van der Waals surface area (Å²) in [5, 5.41) is 0. The Morgan fingerprint density at radius 3 is 1.88 bits per heavy atom. The van der Waals surface area contributed by atoms with Crippen LogP contribution in [0.1, 0.15) is 13.8 Å². The molecule has 0 bridgehead atoms. The molecule has 0 aliphatic rings. The fourth-order valence-electron chi connectivity index (χ4n) is 1.77. The third kappa shape index (κ3) is 5.64. The lowest BCUT2D eigenvalue weighted by atomic mass is 10.3. The summed E-state index contributed by atoms with van der Waals surface area (Å²) in [4.78, 5) is 6.72. The summed E-state index contributed by atoms with van der Waals surface area (Å²) >= 11 is 0. The van der Waals surface area contributed by atoms with Crippen LogP contribution >= 0.6 is 0 Å². The summed E-state index contributed by atoms with van der Waals surface area (Å²) in [5.41, 5.74) is 9.72. The first-order valence-corrected chi connectivity index (χ1v) is 7.58. The topological polar surface area (TPSA) is 52.7 Å². The van der Waals surface area contributed by atoms with Crippen LogP contribution in [0.3, 0.4) is 0 Å². The fraction of sp³-hybridized carbons (Fsp3) is 0.222. The monoisotopic (exact) mass is 328 g/mol. The highest BCUT2D eigenvalue weighted by atomic mass is 16.7. The Kier molecular flexibility index (Phi) is 7.84. The molecule has 128 valence electrons. The van der Waals surface area contributed by atoms with E-state index in [1.807, 2.05) is 50.2 Å². The van der Waals surface area contributed by atoms with Gasteiger partial charge in [0.1, 0.15) is 19.5 Å². The molecule has 0 amide bonds. The average Bonchev–Trinajstić information content (AvgIpc) is 2.58. The molecule has 6 nitrogen and oxygen atoms in total. The van der Waals surface area contributed by atoms with Gasteiger partial charge in [-0.05, 0) is 23.5 Å². The van der Waals surface area contributed by atoms with Crippen LogP contribution in [0, 0.1) is 0 Å². The molecule has 0 aliphatic heterocycles. The molecular weight excluding hydrogens is 304 g/mol. The minimum absolute atomic E-state index is 0.520. The maximum Gasteiger partial charge on any atom is 0.192 e. The highest BCUT2D eigenvalue weighted by Gasteiger charge is 2.03. The van der Waals surface area contributed by atoms with Gasteiger partial charge < -0.3 is 15.6 Å². The van der Waals surface area contributed by atoms with Gasteiger partial charge in [0.15, 0.2) is 12.5 Å². The minimum atomic E-state index is 0.520. The fourth-order valence-corrected chi connectivity index (χ4v) is 1.77. The smallest absolute Gasteiger partial charge is 0.192 e. The molecule has 0 aromatic heterocycles. The summed E-state index contributed by atoms with van der Waals surface area (Å²) in [5.74, 6) is 1.15. The Bertz CT molecular complexity index is 686. The summed E-state index contributed by atoms with van der Waals surface area (Å²) < 4.78 is 6.69. The zero-order valence-electron chi connectivity index (χ0n) is 14.6. The van der Waals surface area contributed by atoms with Gasteiger partial charge in [-0.2, -0.15) is 0 Å². The van der Waals surface area contributed by atoms with Gasteiger partial charge in [-0.1, -0.05) is 55.1 Å². The molecule has 0 N–H and O–H groups in total. The van der Waals surface area contributed by atoms with E-state index < -0.39 is 0 Å². The van der Waals surface area contributed by atoms with Gasteiger partial charge in [-0.25, -0.2) is 4.84 Å². The van der Waals surface area contributed by atoms with E-state index in [0.29, 0.717) is 22.9 Å². The van der Waals surface area contributed by atoms with Crippen LogP contribution in [0.2, 0.25) is 0 Å². The van der Waals surface area contributed by atoms with Crippen LogP contribution in [0.4, 0.5) is 11.4 Å². The highest BCUT2D eigenvalue weighted by Crippen LogP contribution is 2.33. The molecule has 0 fully saturated rings. The van der Waals surface area contributed by atoms with Crippen LogP contribution in [0.25, 0.3) is 10.9 Å². The minimum Gasteiger partial charge on any atom is -0.498 e. The average molecular weight is 328 g/mol. The van der Waals surface area contributed by atoms with E-state index in [0.717, 1.165) is 4.85 Å². The second-order valence-electron chi connectivity index (χ2n) is 4.44. The molecule has 0 atom stereocenters. The maximum atomic E-state index is 5.60. The number of methoxy groups -OCH3 is 1. The zero-order valence-corrected chi connectivity index (χ0v) is 14.6. The van der Waals surface area contributed by atoms with E-state index in [-0.39, 0.29) is 0 Å². The summed E-state index contributed by atoms with van der Waals surface area (Å²) in [6.45, 7) is 11.4. The molecule has 6 heteroatoms. The molecule has 0 saturated heterocycles. The molecule has 2 rings (SSSR count). The molecule has 0 radical (unpaired) electrons. The summed E-state index contributed by atoms with van der Waals surface area (Å²) in [6.07, 6.45) is 0. The second kappa shape index (κ2) is 9.89. The van der Waals surface area contributed by atoms with Crippen LogP contribution in [0.5, 0.6) is 11.5 Å². The Hall–Kier alpha value is -3.02. The van der Waals surface area contributed by atoms with Gasteiger partial charge in [0, 0.05) is 0 Å². The number of para-hydroxylation sites is 2. The van der Waals surface area contributed by atoms with Crippen molar-refractivity contribution in [3.05, 3.63) is 59.4 Å². The first kappa shape index (κ1) is 19.0. The first-order chi connectivity index (χ1) is 11.6. The van der Waals surface area contributed by atoms with Crippen molar-refractivity contribution in [2.24, 2.45) is 0 Å². The predicted molar refractivity (Wildman–Crippen MR) is 98.1 cm³/mol. The number of benzene rings is 2. The normalized spacial score (nSPS) is 9.17. The first-order valence-electron chi connectivity index (χ1n) is 7.58. The Balaban J connectivity index is 0.00000139. The lowest BCUT2D eigenvalue weighted by Crippen LogP contribution is -2.08. The number of rotatable bonds is 7. The van der Waals surface area contributed by atoms with E-state index in [9.17, 15) is 0 Å². The molecule has 24 heavy (non-hydrogen) atoms. The van der Waals surface area contributed by atoms with E-state index in [1.54, 1.807) is 26.3 Å². The van der Waals surface area contributed by atoms with Gasteiger partial charge in [-0.15, -0.1) is 0 Å². The van der Waals surface area contributed by atoms with Crippen molar-refractivity contribution in [1.29, 1.82) is 0 Å². The van der Waals surface area contributed by atoms with Gasteiger partial charge in [0.05, 0.1) is 7.11 Å². The largest absolute Gasteiger partial charge is 0.498 e. The molecule has 0 unspecified atom stereocenters. The third-order valence-corrected chi connectivity index (χ3v) is 2.65. The number of nitrogens with zero attached hydrogens (tertiary/aromatic N) is 4. The molecule has 0 heterocycles. The second-order valence-corrected chi connectivity index (χ2v) is 4.44. The van der Waals surface area contributed by atoms with Crippen LogP contribution < -0.4 is 9.57 Å². The summed E-state index contributed by atoms with van der Waals surface area (Å²) in [7, 11) is 3.32. The van der Waals surface area contributed by atoms with Gasteiger partial charge in [0.25, 0.3) is 0 Å². The van der Waals surface area contributed by atoms with Crippen LogP contribution in [-0.4, -0.2) is 37.1 Å². The van der Waals surface area contributed by atoms with Crippen molar-refractivity contribution in [3.63, 3.8) is 0 Å². The van der Waals surface area contributed by atoms with Gasteiger partial charge >= 0.3 is 0 Å². The quantitative estimate of drug-likeness (QED) is 0.423. The Labute approximate surface area is 143 Å². The van der Waals surface area contributed by atoms with Crippen LogP contribution in [-0.2, 0) is 0 Å². The molecule has 0 spiro atoms. The molecule has 2 aromatic rings. The van der Waals surface area contributed by atoms with Crippen molar-refractivity contribution in [2.45, 2.75) is 13.8 Å². The van der Waals surface area contributed by atoms with Crippen molar-refractivity contribution in [2.75, 3.05) is 14.2 Å². The summed E-state index contributed by atoms with van der Waals surface area (Å²) in [6, 6.07) is 14.6. The zero-order chi connectivity index (χ0) is 17.9. The number of hydrogen-bond donors (Lipinski definition) is 0.